The third-order valence-electron chi connectivity index (χ3n) is 5.90. The van der Waals surface area contributed by atoms with Crippen LogP contribution in [0.5, 0.6) is 0 Å². The molecule has 0 bridgehead atoms. The average molecular weight is 489 g/mol. The van der Waals surface area contributed by atoms with E-state index in [4.69, 9.17) is 5.10 Å². The molecule has 0 aliphatic heterocycles. The quantitative estimate of drug-likeness (QED) is 0.417. The van der Waals surface area contributed by atoms with Gasteiger partial charge in [-0.15, -0.1) is 0 Å². The number of aromatic nitrogens is 2. The summed E-state index contributed by atoms with van der Waals surface area (Å²) in [7, 11) is -0.133. The van der Waals surface area contributed by atoms with E-state index in [9.17, 15) is 13.2 Å². The molecule has 1 N–H and O–H groups in total. The Morgan fingerprint density at radius 3 is 2.23 bits per heavy atom. The van der Waals surface area contributed by atoms with Gasteiger partial charge < -0.3 is 4.90 Å². The molecule has 0 radical (unpaired) electrons. The van der Waals surface area contributed by atoms with Crippen LogP contribution in [0.15, 0.2) is 83.8 Å². The van der Waals surface area contributed by atoms with Crippen molar-refractivity contribution in [1.29, 1.82) is 0 Å². The van der Waals surface area contributed by atoms with Crippen LogP contribution in [0.4, 0.5) is 5.69 Å². The topological polar surface area (TPSA) is 84.3 Å². The molecule has 0 saturated carbocycles. The predicted octanol–water partition coefficient (Wildman–Crippen LogP) is 4.40. The zero-order valence-corrected chi connectivity index (χ0v) is 21.0. The summed E-state index contributed by atoms with van der Waals surface area (Å²) in [5, 5.41) is 4.72. The van der Waals surface area contributed by atoms with E-state index in [0.717, 1.165) is 27.9 Å². The molecule has 7 nitrogen and oxygen atoms in total. The number of rotatable bonds is 7. The first-order valence-corrected chi connectivity index (χ1v) is 12.7. The molecule has 1 heterocycles. The summed E-state index contributed by atoms with van der Waals surface area (Å²) in [4.78, 5) is 15.3. The second kappa shape index (κ2) is 9.76. The molecule has 1 amide bonds. The number of anilines is 1. The number of benzene rings is 3. The Kier molecular flexibility index (Phi) is 6.75. The first-order valence-electron chi connectivity index (χ1n) is 11.2. The zero-order chi connectivity index (χ0) is 25.2. The lowest BCUT2D eigenvalue weighted by Crippen LogP contribution is -2.32. The van der Waals surface area contributed by atoms with Crippen molar-refractivity contribution in [1.82, 2.24) is 14.5 Å². The molecular formula is C27H28N4O3S. The fraction of sp³-hybridized carbons (Fsp3) is 0.185. The molecule has 35 heavy (non-hydrogen) atoms. The standard InChI is InChI=1S/C27H28N4O3S/c1-19-10-8-11-20(2)24(19)18-31-26(27(32)29-35(33,34)23-14-6-5-7-15-23)17-25(28-31)21-12-9-13-22(16-21)30(3)4/h5-17H,18H2,1-4H3,(H,29,32). The lowest BCUT2D eigenvalue weighted by molar-refractivity contribution is 0.0971. The van der Waals surface area contributed by atoms with Crippen LogP contribution in [0.1, 0.15) is 27.2 Å². The van der Waals surface area contributed by atoms with Crippen LogP contribution in [0, 0.1) is 13.8 Å². The third kappa shape index (κ3) is 5.27. The molecule has 180 valence electrons. The van der Waals surface area contributed by atoms with E-state index in [2.05, 4.69) is 4.72 Å². The number of carbonyl (C=O) groups is 1. The maximum Gasteiger partial charge on any atom is 0.283 e. The molecule has 4 aromatic rings. The monoisotopic (exact) mass is 488 g/mol. The number of aryl methyl sites for hydroxylation is 2. The minimum atomic E-state index is -4.03. The molecule has 0 aliphatic carbocycles. The first kappa shape index (κ1) is 24.2. The highest BCUT2D eigenvalue weighted by atomic mass is 32.2. The average Bonchev–Trinajstić information content (AvgIpc) is 3.26. The van der Waals surface area contributed by atoms with Crippen LogP contribution >= 0.6 is 0 Å². The molecular weight excluding hydrogens is 460 g/mol. The number of hydrogen-bond acceptors (Lipinski definition) is 5. The third-order valence-corrected chi connectivity index (χ3v) is 7.25. The molecule has 8 heteroatoms. The number of nitrogens with one attached hydrogen (secondary N) is 1. The molecule has 0 saturated heterocycles. The SMILES string of the molecule is Cc1cccc(C)c1Cn1nc(-c2cccc(N(C)C)c2)cc1C(=O)NS(=O)(=O)c1ccccc1. The van der Waals surface area contributed by atoms with E-state index in [-0.39, 0.29) is 10.6 Å². The van der Waals surface area contributed by atoms with E-state index in [1.165, 1.54) is 12.1 Å². The number of sulfonamides is 1. The second-order valence-electron chi connectivity index (χ2n) is 8.64. The van der Waals surface area contributed by atoms with Crippen LogP contribution < -0.4 is 9.62 Å². The van der Waals surface area contributed by atoms with Crippen molar-refractivity contribution >= 4 is 21.6 Å². The van der Waals surface area contributed by atoms with Crippen molar-refractivity contribution in [2.45, 2.75) is 25.3 Å². The van der Waals surface area contributed by atoms with E-state index in [1.54, 1.807) is 28.9 Å². The number of carbonyl (C=O) groups excluding carboxylic acids is 1. The predicted molar refractivity (Wildman–Crippen MR) is 138 cm³/mol. The number of amides is 1. The van der Waals surface area contributed by atoms with Crippen molar-refractivity contribution < 1.29 is 13.2 Å². The van der Waals surface area contributed by atoms with E-state index >= 15 is 0 Å². The van der Waals surface area contributed by atoms with Gasteiger partial charge in [0, 0.05) is 25.3 Å². The zero-order valence-electron chi connectivity index (χ0n) is 20.2. The molecule has 0 aliphatic rings. The van der Waals surface area contributed by atoms with Crippen LogP contribution in [0.3, 0.4) is 0 Å². The fourth-order valence-electron chi connectivity index (χ4n) is 3.89. The highest BCUT2D eigenvalue weighted by molar-refractivity contribution is 7.90. The van der Waals surface area contributed by atoms with Crippen LogP contribution in [-0.4, -0.2) is 38.2 Å². The van der Waals surface area contributed by atoms with Crippen molar-refractivity contribution in [3.05, 3.63) is 101 Å². The highest BCUT2D eigenvalue weighted by Gasteiger charge is 2.23. The minimum absolute atomic E-state index is 0.0214. The van der Waals surface area contributed by atoms with E-state index < -0.39 is 15.9 Å². The van der Waals surface area contributed by atoms with Gasteiger partial charge in [-0.25, -0.2) is 13.1 Å². The van der Waals surface area contributed by atoms with Gasteiger partial charge in [-0.05, 0) is 60.9 Å². The summed E-state index contributed by atoms with van der Waals surface area (Å²) in [5.74, 6) is -0.734. The number of hydrogen-bond donors (Lipinski definition) is 1. The van der Waals surface area contributed by atoms with Crippen molar-refractivity contribution in [2.24, 2.45) is 0 Å². The Morgan fingerprint density at radius 2 is 1.57 bits per heavy atom. The van der Waals surface area contributed by atoms with Gasteiger partial charge >= 0.3 is 0 Å². The van der Waals surface area contributed by atoms with Crippen molar-refractivity contribution in [3.63, 3.8) is 0 Å². The summed E-state index contributed by atoms with van der Waals surface area (Å²) in [6.45, 7) is 4.35. The summed E-state index contributed by atoms with van der Waals surface area (Å²) in [5.41, 5.74) is 5.74. The van der Waals surface area contributed by atoms with Gasteiger partial charge in [-0.1, -0.05) is 48.5 Å². The minimum Gasteiger partial charge on any atom is -0.378 e. The highest BCUT2D eigenvalue weighted by Crippen LogP contribution is 2.25. The number of nitrogens with zero attached hydrogens (tertiary/aromatic N) is 3. The van der Waals surface area contributed by atoms with Gasteiger partial charge in [0.05, 0.1) is 17.1 Å². The van der Waals surface area contributed by atoms with Gasteiger partial charge in [-0.2, -0.15) is 5.10 Å². The molecule has 0 atom stereocenters. The summed E-state index contributed by atoms with van der Waals surface area (Å²) in [6, 6.07) is 23.3. The molecule has 0 spiro atoms. The first-order chi connectivity index (χ1) is 16.7. The molecule has 0 unspecified atom stereocenters. The van der Waals surface area contributed by atoms with E-state index in [1.807, 2.05) is 75.3 Å². The van der Waals surface area contributed by atoms with Gasteiger partial charge in [0.2, 0.25) is 0 Å². The Morgan fingerprint density at radius 1 is 0.914 bits per heavy atom. The summed E-state index contributed by atoms with van der Waals surface area (Å²) in [6.07, 6.45) is 0. The second-order valence-corrected chi connectivity index (χ2v) is 10.3. The largest absolute Gasteiger partial charge is 0.378 e. The Bertz CT molecular complexity index is 1460. The van der Waals surface area contributed by atoms with E-state index in [0.29, 0.717) is 12.2 Å². The van der Waals surface area contributed by atoms with Crippen LogP contribution in [-0.2, 0) is 16.6 Å². The normalized spacial score (nSPS) is 11.3. The van der Waals surface area contributed by atoms with Crippen molar-refractivity contribution in [2.75, 3.05) is 19.0 Å². The molecule has 3 aromatic carbocycles. The van der Waals surface area contributed by atoms with Crippen LogP contribution in [0.2, 0.25) is 0 Å². The summed E-state index contributed by atoms with van der Waals surface area (Å²) < 4.78 is 29.4. The molecule has 0 fully saturated rings. The lowest BCUT2D eigenvalue weighted by atomic mass is 10.0. The summed E-state index contributed by atoms with van der Waals surface area (Å²) >= 11 is 0. The maximum atomic E-state index is 13.3. The smallest absolute Gasteiger partial charge is 0.283 e. The Hall–Kier alpha value is -3.91. The Labute approximate surface area is 206 Å². The van der Waals surface area contributed by atoms with Gasteiger partial charge in [0.15, 0.2) is 0 Å². The van der Waals surface area contributed by atoms with Gasteiger partial charge in [0.1, 0.15) is 5.69 Å². The maximum absolute atomic E-state index is 13.3. The van der Waals surface area contributed by atoms with Gasteiger partial charge in [-0.3, -0.25) is 9.48 Å². The Balaban J connectivity index is 1.77. The van der Waals surface area contributed by atoms with Crippen molar-refractivity contribution in [3.8, 4) is 11.3 Å². The lowest BCUT2D eigenvalue weighted by Gasteiger charge is -2.13. The fourth-order valence-corrected chi connectivity index (χ4v) is 4.87. The van der Waals surface area contributed by atoms with Crippen LogP contribution in [0.25, 0.3) is 11.3 Å². The molecule has 1 aromatic heterocycles. The molecule has 4 rings (SSSR count). The van der Waals surface area contributed by atoms with Gasteiger partial charge in [0.25, 0.3) is 15.9 Å².